The maximum Gasteiger partial charge on any atom is 0.326 e. The van der Waals surface area contributed by atoms with Crippen LogP contribution in [0.4, 0.5) is 4.79 Å². The van der Waals surface area contributed by atoms with Gasteiger partial charge in [0.2, 0.25) is 0 Å². The normalized spacial score (nSPS) is 38.1. The summed E-state index contributed by atoms with van der Waals surface area (Å²) in [5.74, 6) is 0.537. The van der Waals surface area contributed by atoms with Gasteiger partial charge in [-0.2, -0.15) is 0 Å². The highest BCUT2D eigenvalue weighted by molar-refractivity contribution is 5.83. The molecule has 3 unspecified atom stereocenters. The molecule has 1 heterocycles. The van der Waals surface area contributed by atoms with E-state index in [0.717, 1.165) is 18.8 Å². The molecule has 18 heavy (non-hydrogen) atoms. The lowest BCUT2D eigenvalue weighted by Gasteiger charge is -2.28. The Labute approximate surface area is 107 Å². The molecule has 0 aromatic heterocycles. The highest BCUT2D eigenvalue weighted by atomic mass is 16.4. The molecular weight excluding hydrogens is 232 g/mol. The Morgan fingerprint density at radius 3 is 2.61 bits per heavy atom. The monoisotopic (exact) mass is 252 g/mol. The lowest BCUT2D eigenvalue weighted by atomic mass is 9.95. The maximum atomic E-state index is 12.1. The SMILES string of the molecule is O=C(O)[C@H]1CCCN1C(=O)NC1CC2CCC1C2. The Hall–Kier alpha value is -1.26. The van der Waals surface area contributed by atoms with Gasteiger partial charge in [-0.3, -0.25) is 0 Å². The molecule has 1 saturated heterocycles. The topological polar surface area (TPSA) is 69.6 Å². The number of amides is 2. The van der Waals surface area contributed by atoms with Crippen LogP contribution in [0.2, 0.25) is 0 Å². The largest absolute Gasteiger partial charge is 0.480 e. The zero-order valence-corrected chi connectivity index (χ0v) is 10.5. The number of carboxylic acid groups (broad SMARTS) is 1. The second kappa shape index (κ2) is 4.44. The number of nitrogens with one attached hydrogen (secondary N) is 1. The fourth-order valence-corrected chi connectivity index (χ4v) is 3.93. The van der Waals surface area contributed by atoms with Gasteiger partial charge in [-0.25, -0.2) is 9.59 Å². The van der Waals surface area contributed by atoms with Crippen molar-refractivity contribution in [1.29, 1.82) is 0 Å². The van der Waals surface area contributed by atoms with Gasteiger partial charge in [-0.1, -0.05) is 6.42 Å². The molecule has 3 aliphatic rings. The summed E-state index contributed by atoms with van der Waals surface area (Å²) in [5, 5.41) is 12.1. The van der Waals surface area contributed by atoms with Crippen LogP contribution in [-0.4, -0.2) is 40.6 Å². The molecule has 3 rings (SSSR count). The number of likely N-dealkylation sites (tertiary alicyclic amines) is 1. The van der Waals surface area contributed by atoms with Crippen molar-refractivity contribution in [1.82, 2.24) is 10.2 Å². The third-order valence-electron chi connectivity index (χ3n) is 4.85. The number of nitrogens with zero attached hydrogens (tertiary/aromatic N) is 1. The van der Waals surface area contributed by atoms with Crippen LogP contribution in [0.1, 0.15) is 38.5 Å². The standard InChI is InChI=1S/C13H20N2O3/c16-12(17)11-2-1-5-15(11)13(18)14-10-7-8-3-4-9(10)6-8/h8-11H,1-7H2,(H,14,18)(H,16,17)/t8?,9?,10?,11-/m1/s1. The van der Waals surface area contributed by atoms with E-state index in [9.17, 15) is 9.59 Å². The third-order valence-corrected chi connectivity index (χ3v) is 4.85. The summed E-state index contributed by atoms with van der Waals surface area (Å²) in [6.07, 6.45) is 6.23. The Bertz CT molecular complexity index is 371. The average Bonchev–Trinajstić information content (AvgIpc) is 3.04. The first kappa shape index (κ1) is 11.8. The van der Waals surface area contributed by atoms with Gasteiger partial charge in [0.05, 0.1) is 0 Å². The summed E-state index contributed by atoms with van der Waals surface area (Å²) in [6, 6.07) is -0.507. The molecule has 5 nitrogen and oxygen atoms in total. The van der Waals surface area contributed by atoms with Gasteiger partial charge >= 0.3 is 12.0 Å². The third kappa shape index (κ3) is 1.95. The molecule has 2 amide bonds. The number of carboxylic acids is 1. The van der Waals surface area contributed by atoms with Crippen LogP contribution in [0.5, 0.6) is 0 Å². The van der Waals surface area contributed by atoms with Crippen molar-refractivity contribution >= 4 is 12.0 Å². The van der Waals surface area contributed by atoms with Gasteiger partial charge in [-0.05, 0) is 43.9 Å². The van der Waals surface area contributed by atoms with Crippen molar-refractivity contribution in [3.05, 3.63) is 0 Å². The van der Waals surface area contributed by atoms with Crippen LogP contribution in [0.15, 0.2) is 0 Å². The van der Waals surface area contributed by atoms with Gasteiger partial charge in [0.25, 0.3) is 0 Å². The predicted octanol–water partition coefficient (Wildman–Crippen LogP) is 1.43. The Balaban J connectivity index is 1.59. The number of aliphatic carboxylic acids is 1. The second-order valence-electron chi connectivity index (χ2n) is 5.92. The zero-order valence-electron chi connectivity index (χ0n) is 10.5. The van der Waals surface area contributed by atoms with E-state index in [1.807, 2.05) is 0 Å². The fourth-order valence-electron chi connectivity index (χ4n) is 3.93. The molecule has 3 fully saturated rings. The van der Waals surface area contributed by atoms with Crippen LogP contribution in [0.25, 0.3) is 0 Å². The number of carbonyl (C=O) groups is 2. The van der Waals surface area contributed by atoms with E-state index in [1.54, 1.807) is 0 Å². The number of fused-ring (bicyclic) bond motifs is 2. The maximum absolute atomic E-state index is 12.1. The van der Waals surface area contributed by atoms with Gasteiger partial charge in [0.15, 0.2) is 0 Å². The van der Waals surface area contributed by atoms with E-state index in [4.69, 9.17) is 5.11 Å². The van der Waals surface area contributed by atoms with E-state index in [-0.39, 0.29) is 12.1 Å². The smallest absolute Gasteiger partial charge is 0.326 e. The second-order valence-corrected chi connectivity index (χ2v) is 5.92. The molecule has 0 spiro atoms. The van der Waals surface area contributed by atoms with Gasteiger partial charge < -0.3 is 15.3 Å². The predicted molar refractivity (Wildman–Crippen MR) is 65.1 cm³/mol. The summed E-state index contributed by atoms with van der Waals surface area (Å²) in [5.41, 5.74) is 0. The van der Waals surface area contributed by atoms with Crippen molar-refractivity contribution in [3.63, 3.8) is 0 Å². The van der Waals surface area contributed by atoms with E-state index in [1.165, 1.54) is 24.2 Å². The van der Waals surface area contributed by atoms with Crippen molar-refractivity contribution in [2.45, 2.75) is 50.6 Å². The van der Waals surface area contributed by atoms with Crippen molar-refractivity contribution < 1.29 is 14.7 Å². The highest BCUT2D eigenvalue weighted by Gasteiger charge is 2.42. The minimum Gasteiger partial charge on any atom is -0.480 e. The number of rotatable bonds is 2. The molecule has 100 valence electrons. The number of carbonyl (C=O) groups excluding carboxylic acids is 1. The summed E-state index contributed by atoms with van der Waals surface area (Å²) >= 11 is 0. The number of urea groups is 1. The first-order valence-electron chi connectivity index (χ1n) is 6.95. The van der Waals surface area contributed by atoms with E-state index in [0.29, 0.717) is 18.9 Å². The van der Waals surface area contributed by atoms with Gasteiger partial charge in [-0.15, -0.1) is 0 Å². The molecule has 2 bridgehead atoms. The fraction of sp³-hybridized carbons (Fsp3) is 0.846. The molecule has 4 atom stereocenters. The molecule has 5 heteroatoms. The molecule has 0 radical (unpaired) electrons. The molecule has 1 aliphatic heterocycles. The highest BCUT2D eigenvalue weighted by Crippen LogP contribution is 2.44. The van der Waals surface area contributed by atoms with Gasteiger partial charge in [0.1, 0.15) is 6.04 Å². The quantitative estimate of drug-likeness (QED) is 0.781. The Kier molecular flexibility index (Phi) is 2.92. The summed E-state index contributed by atoms with van der Waals surface area (Å²) in [6.45, 7) is 0.573. The van der Waals surface area contributed by atoms with Gasteiger partial charge in [0, 0.05) is 12.6 Å². The summed E-state index contributed by atoms with van der Waals surface area (Å²) < 4.78 is 0. The zero-order chi connectivity index (χ0) is 12.7. The molecule has 0 aromatic carbocycles. The van der Waals surface area contributed by atoms with Crippen LogP contribution in [0, 0.1) is 11.8 Å². The minimum atomic E-state index is -0.879. The number of hydrogen-bond donors (Lipinski definition) is 2. The Morgan fingerprint density at radius 2 is 2.00 bits per heavy atom. The molecule has 2 saturated carbocycles. The van der Waals surface area contributed by atoms with Crippen LogP contribution in [0.3, 0.4) is 0 Å². The summed E-state index contributed by atoms with van der Waals surface area (Å²) in [4.78, 5) is 24.7. The molecule has 2 aliphatic carbocycles. The number of hydrogen-bond acceptors (Lipinski definition) is 2. The molecule has 0 aromatic rings. The lowest BCUT2D eigenvalue weighted by molar-refractivity contribution is -0.141. The minimum absolute atomic E-state index is 0.169. The Morgan fingerprint density at radius 1 is 1.17 bits per heavy atom. The first-order chi connectivity index (χ1) is 8.65. The van der Waals surface area contributed by atoms with E-state index < -0.39 is 12.0 Å². The molecule has 2 N–H and O–H groups in total. The van der Waals surface area contributed by atoms with Crippen LogP contribution >= 0.6 is 0 Å². The van der Waals surface area contributed by atoms with Crippen LogP contribution < -0.4 is 5.32 Å². The van der Waals surface area contributed by atoms with Crippen molar-refractivity contribution in [2.24, 2.45) is 11.8 Å². The average molecular weight is 252 g/mol. The van der Waals surface area contributed by atoms with Crippen molar-refractivity contribution in [3.8, 4) is 0 Å². The lowest BCUT2D eigenvalue weighted by Crippen LogP contribution is -2.50. The first-order valence-corrected chi connectivity index (χ1v) is 6.95. The van der Waals surface area contributed by atoms with E-state index in [2.05, 4.69) is 5.32 Å². The molecular formula is C13H20N2O3. The van der Waals surface area contributed by atoms with E-state index >= 15 is 0 Å². The van der Waals surface area contributed by atoms with Crippen LogP contribution in [-0.2, 0) is 4.79 Å². The van der Waals surface area contributed by atoms with Crippen molar-refractivity contribution in [2.75, 3.05) is 6.54 Å². The summed E-state index contributed by atoms with van der Waals surface area (Å²) in [7, 11) is 0.